The molecule has 0 fully saturated rings. The summed E-state index contributed by atoms with van der Waals surface area (Å²) in [6, 6.07) is 31.9. The first-order chi connectivity index (χ1) is 18.2. The zero-order valence-corrected chi connectivity index (χ0v) is 22.0. The lowest BCUT2D eigenvalue weighted by molar-refractivity contribution is 0.605. The minimum Gasteiger partial charge on any atom is -0.388 e. The van der Waals surface area contributed by atoms with E-state index in [1.807, 2.05) is 13.1 Å². The van der Waals surface area contributed by atoms with Gasteiger partial charge in [0.1, 0.15) is 0 Å². The molecule has 0 spiro atoms. The Hall–Kier alpha value is -3.96. The van der Waals surface area contributed by atoms with Gasteiger partial charge in [0.05, 0.1) is 17.7 Å². The van der Waals surface area contributed by atoms with Crippen LogP contribution in [0.15, 0.2) is 115 Å². The predicted octanol–water partition coefficient (Wildman–Crippen LogP) is 7.53. The van der Waals surface area contributed by atoms with E-state index >= 15 is 0 Å². The van der Waals surface area contributed by atoms with Gasteiger partial charge < -0.3 is 10.6 Å². The molecule has 4 aromatic carbocycles. The monoisotopic (exact) mass is 499 g/mol. The van der Waals surface area contributed by atoms with Crippen molar-refractivity contribution in [2.24, 2.45) is 0 Å². The molecule has 0 aliphatic carbocycles. The second-order valence-corrected chi connectivity index (χ2v) is 10.2. The summed E-state index contributed by atoms with van der Waals surface area (Å²) >= 11 is 0. The molecule has 3 nitrogen and oxygen atoms in total. The molecule has 4 aromatic rings. The minimum atomic E-state index is 0.0254. The number of nitrogens with one attached hydrogen (secondary N) is 2. The normalized spacial score (nSPS) is 14.2. The van der Waals surface area contributed by atoms with Crippen molar-refractivity contribution in [1.82, 2.24) is 10.6 Å². The summed E-state index contributed by atoms with van der Waals surface area (Å²) in [5.41, 5.74) is 8.40. The molecule has 0 amide bonds. The zero-order chi connectivity index (χ0) is 25.6. The van der Waals surface area contributed by atoms with Crippen LogP contribution in [-0.2, 0) is 6.54 Å². The van der Waals surface area contributed by atoms with Crippen LogP contribution in [0, 0.1) is 11.3 Å². The molecule has 1 aliphatic rings. The third-order valence-electron chi connectivity index (χ3n) is 6.84. The molecule has 2 N–H and O–H groups in total. The number of allylic oxidation sites excluding steroid dienone is 1. The molecule has 0 saturated heterocycles. The SMILES string of the molecule is C=C(NC)c1ccc(CNC(C2=CPCC=C2)c2ccc(C#N)c(-c3cccc4ccccc34)c2)cc1. The Morgan fingerprint density at radius 3 is 2.57 bits per heavy atom. The fraction of sp³-hybridized carbons (Fsp3) is 0.121. The van der Waals surface area contributed by atoms with E-state index in [1.165, 1.54) is 16.5 Å². The number of nitriles is 1. The van der Waals surface area contributed by atoms with Gasteiger partial charge in [-0.3, -0.25) is 0 Å². The summed E-state index contributed by atoms with van der Waals surface area (Å²) in [5.74, 6) is 2.35. The van der Waals surface area contributed by atoms with Crippen molar-refractivity contribution in [3.63, 3.8) is 0 Å². The highest BCUT2D eigenvalue weighted by Crippen LogP contribution is 2.36. The number of nitrogens with zero attached hydrogens (tertiary/aromatic N) is 1. The number of fused-ring (bicyclic) bond motifs is 1. The summed E-state index contributed by atoms with van der Waals surface area (Å²) in [7, 11) is 2.67. The van der Waals surface area contributed by atoms with Crippen LogP contribution < -0.4 is 10.6 Å². The topological polar surface area (TPSA) is 47.8 Å². The Labute approximate surface area is 221 Å². The Morgan fingerprint density at radius 2 is 1.81 bits per heavy atom. The quantitative estimate of drug-likeness (QED) is 0.246. The molecule has 0 radical (unpaired) electrons. The van der Waals surface area contributed by atoms with E-state index in [9.17, 15) is 5.26 Å². The predicted molar refractivity (Wildman–Crippen MR) is 159 cm³/mol. The van der Waals surface area contributed by atoms with Crippen LogP contribution in [0.2, 0.25) is 0 Å². The number of hydrogen-bond acceptors (Lipinski definition) is 3. The van der Waals surface area contributed by atoms with E-state index in [0.717, 1.165) is 54.6 Å². The van der Waals surface area contributed by atoms with Gasteiger partial charge in [0.15, 0.2) is 0 Å². The lowest BCUT2D eigenvalue weighted by Crippen LogP contribution is -2.23. The number of rotatable bonds is 8. The van der Waals surface area contributed by atoms with Crippen molar-refractivity contribution in [2.75, 3.05) is 13.2 Å². The zero-order valence-electron chi connectivity index (χ0n) is 21.0. The average Bonchev–Trinajstić information content (AvgIpc) is 2.97. The third-order valence-corrected chi connectivity index (χ3v) is 7.85. The Morgan fingerprint density at radius 1 is 1.00 bits per heavy atom. The first-order valence-corrected chi connectivity index (χ1v) is 13.8. The summed E-state index contributed by atoms with van der Waals surface area (Å²) in [5, 5.41) is 19.2. The van der Waals surface area contributed by atoms with Crippen LogP contribution in [-0.4, -0.2) is 13.2 Å². The molecular weight excluding hydrogens is 469 g/mol. The highest BCUT2D eigenvalue weighted by Gasteiger charge is 2.19. The molecule has 0 aromatic heterocycles. The highest BCUT2D eigenvalue weighted by atomic mass is 31.1. The van der Waals surface area contributed by atoms with Crippen molar-refractivity contribution in [3.8, 4) is 17.2 Å². The van der Waals surface area contributed by atoms with E-state index in [-0.39, 0.29) is 6.04 Å². The fourth-order valence-corrected chi connectivity index (χ4v) is 5.68. The molecule has 182 valence electrons. The molecule has 2 atom stereocenters. The molecule has 1 heterocycles. The summed E-state index contributed by atoms with van der Waals surface area (Å²) in [6.07, 6.45) is 5.60. The fourth-order valence-electron chi connectivity index (χ4n) is 4.81. The maximum atomic E-state index is 9.96. The van der Waals surface area contributed by atoms with E-state index in [2.05, 4.69) is 120 Å². The van der Waals surface area contributed by atoms with Crippen molar-refractivity contribution in [1.29, 1.82) is 5.26 Å². The van der Waals surface area contributed by atoms with Crippen molar-refractivity contribution >= 4 is 25.1 Å². The van der Waals surface area contributed by atoms with Crippen LogP contribution >= 0.6 is 8.58 Å². The van der Waals surface area contributed by atoms with Crippen LogP contribution in [0.3, 0.4) is 0 Å². The van der Waals surface area contributed by atoms with Crippen LogP contribution in [0.4, 0.5) is 0 Å². The second kappa shape index (κ2) is 11.4. The molecule has 1 aliphatic heterocycles. The maximum absolute atomic E-state index is 9.96. The van der Waals surface area contributed by atoms with Gasteiger partial charge in [-0.2, -0.15) is 5.26 Å². The second-order valence-electron chi connectivity index (χ2n) is 9.14. The van der Waals surface area contributed by atoms with E-state index < -0.39 is 0 Å². The number of hydrogen-bond donors (Lipinski definition) is 2. The molecule has 4 heteroatoms. The van der Waals surface area contributed by atoms with Gasteiger partial charge in [0.25, 0.3) is 0 Å². The van der Waals surface area contributed by atoms with Crippen LogP contribution in [0.25, 0.3) is 27.6 Å². The first kappa shape index (κ1) is 24.7. The number of benzene rings is 4. The van der Waals surface area contributed by atoms with E-state index in [1.54, 1.807) is 0 Å². The smallest absolute Gasteiger partial charge is 0.0998 e. The minimum absolute atomic E-state index is 0.0254. The third kappa shape index (κ3) is 5.42. The van der Waals surface area contributed by atoms with Crippen molar-refractivity contribution in [2.45, 2.75) is 12.6 Å². The van der Waals surface area contributed by atoms with E-state index in [0.29, 0.717) is 5.56 Å². The van der Waals surface area contributed by atoms with Crippen LogP contribution in [0.1, 0.15) is 28.3 Å². The van der Waals surface area contributed by atoms with Gasteiger partial charge in [0, 0.05) is 24.9 Å². The summed E-state index contributed by atoms with van der Waals surface area (Å²) in [4.78, 5) is 0. The summed E-state index contributed by atoms with van der Waals surface area (Å²) < 4.78 is 0. The van der Waals surface area contributed by atoms with Crippen molar-refractivity contribution in [3.05, 3.63) is 137 Å². The van der Waals surface area contributed by atoms with Gasteiger partial charge in [-0.05, 0) is 56.9 Å². The Bertz CT molecular complexity index is 1540. The molecule has 0 saturated carbocycles. The van der Waals surface area contributed by atoms with Gasteiger partial charge in [-0.1, -0.05) is 106 Å². The average molecular weight is 500 g/mol. The van der Waals surface area contributed by atoms with Crippen LogP contribution in [0.5, 0.6) is 0 Å². The lowest BCUT2D eigenvalue weighted by Gasteiger charge is -2.24. The standard InChI is InChI=1S/C33H30N3P/c1-23(35-2)25-14-12-24(13-15-25)21-36-33(29-9-6-18-37-22-29)27-16-17-28(20-34)32(19-27)31-11-5-8-26-7-3-4-10-30(26)31/h3-17,19,22,33,35-37H,1,18,21H2,2H3. The largest absolute Gasteiger partial charge is 0.388 e. The Balaban J connectivity index is 1.52. The lowest BCUT2D eigenvalue weighted by atomic mass is 9.90. The molecule has 0 bridgehead atoms. The van der Waals surface area contributed by atoms with Gasteiger partial charge >= 0.3 is 0 Å². The van der Waals surface area contributed by atoms with Crippen molar-refractivity contribution < 1.29 is 0 Å². The van der Waals surface area contributed by atoms with Gasteiger partial charge in [-0.15, -0.1) is 0 Å². The summed E-state index contributed by atoms with van der Waals surface area (Å²) in [6.45, 7) is 4.78. The molecule has 5 rings (SSSR count). The molecule has 2 unspecified atom stereocenters. The Kier molecular flexibility index (Phi) is 7.62. The van der Waals surface area contributed by atoms with Gasteiger partial charge in [-0.25, -0.2) is 0 Å². The first-order valence-electron chi connectivity index (χ1n) is 12.5. The molecule has 37 heavy (non-hydrogen) atoms. The highest BCUT2D eigenvalue weighted by molar-refractivity contribution is 7.42. The van der Waals surface area contributed by atoms with E-state index in [4.69, 9.17) is 0 Å². The maximum Gasteiger partial charge on any atom is 0.0998 e. The molecular formula is C33H30N3P. The van der Waals surface area contributed by atoms with Gasteiger partial charge in [0.2, 0.25) is 0 Å².